The molecular weight excluding hydrogens is 242 g/mol. The van der Waals surface area contributed by atoms with E-state index in [4.69, 9.17) is 0 Å². The van der Waals surface area contributed by atoms with Gasteiger partial charge in [0.05, 0.1) is 0 Å². The monoisotopic (exact) mass is 269 g/mol. The minimum Gasteiger partial charge on any atom is -0.264 e. The molecule has 0 spiro atoms. The summed E-state index contributed by atoms with van der Waals surface area (Å²) in [6.07, 6.45) is 17.3. The lowest BCUT2D eigenvalue weighted by atomic mass is 9.51. The topological polar surface area (TPSA) is 12.9 Å². The molecule has 1 nitrogen and oxygen atoms in total. The van der Waals surface area contributed by atoms with Crippen LogP contribution in [-0.2, 0) is 6.42 Å². The van der Waals surface area contributed by atoms with Gasteiger partial charge in [0.25, 0.3) is 0 Å². The summed E-state index contributed by atoms with van der Waals surface area (Å²) in [5.74, 6) is 5.58. The van der Waals surface area contributed by atoms with E-state index < -0.39 is 0 Å². The molecule has 0 aromatic carbocycles. The van der Waals surface area contributed by atoms with Crippen molar-refractivity contribution >= 4 is 0 Å². The van der Waals surface area contributed by atoms with Gasteiger partial charge >= 0.3 is 0 Å². The summed E-state index contributed by atoms with van der Waals surface area (Å²) in [5, 5.41) is 0. The maximum absolute atomic E-state index is 4.21. The van der Waals surface area contributed by atoms with Gasteiger partial charge in [-0.25, -0.2) is 0 Å². The van der Waals surface area contributed by atoms with E-state index >= 15 is 0 Å². The van der Waals surface area contributed by atoms with Gasteiger partial charge in [-0.2, -0.15) is 0 Å². The maximum Gasteiger partial charge on any atom is 0.0299 e. The molecule has 0 N–H and O–H groups in total. The Labute approximate surface area is 123 Å². The van der Waals surface area contributed by atoms with Crippen molar-refractivity contribution in [3.05, 3.63) is 30.1 Å². The second-order valence-corrected chi connectivity index (χ2v) is 7.70. The Morgan fingerprint density at radius 3 is 2.35 bits per heavy atom. The lowest BCUT2D eigenvalue weighted by molar-refractivity contribution is -0.0404. The van der Waals surface area contributed by atoms with Crippen LogP contribution >= 0.6 is 0 Å². The molecule has 0 saturated heterocycles. The number of aryl methyl sites for hydroxylation is 1. The molecule has 5 rings (SSSR count). The van der Waals surface area contributed by atoms with Crippen molar-refractivity contribution in [1.82, 2.24) is 4.98 Å². The van der Waals surface area contributed by atoms with E-state index in [1.54, 1.807) is 32.1 Å². The van der Waals surface area contributed by atoms with E-state index in [0.717, 1.165) is 29.6 Å². The van der Waals surface area contributed by atoms with Gasteiger partial charge in [-0.1, -0.05) is 12.5 Å². The number of hydrogen-bond acceptors (Lipinski definition) is 1. The van der Waals surface area contributed by atoms with Crippen LogP contribution in [0.4, 0.5) is 0 Å². The largest absolute Gasteiger partial charge is 0.264 e. The zero-order chi connectivity index (χ0) is 13.4. The van der Waals surface area contributed by atoms with E-state index in [0.29, 0.717) is 0 Å². The standard InChI is InChI=1S/C19H27N/c1(4-14-5-3-7-20-13-14)2-6-19-17-9-15-8-16(11-17)12-18(19)10-15/h3,5,7,13,15-19H,1-2,4,6,8-12H2. The fraction of sp³-hybridized carbons (Fsp3) is 0.737. The highest BCUT2D eigenvalue weighted by atomic mass is 14.6. The SMILES string of the molecule is c1cncc(CCCCC2C3CC4CC(C3)CC2C4)c1. The lowest BCUT2D eigenvalue weighted by Gasteiger charge is -2.54. The first-order chi connectivity index (χ1) is 9.88. The average Bonchev–Trinajstić information content (AvgIpc) is 2.46. The summed E-state index contributed by atoms with van der Waals surface area (Å²) in [4.78, 5) is 4.21. The van der Waals surface area contributed by atoms with Gasteiger partial charge in [0.2, 0.25) is 0 Å². The van der Waals surface area contributed by atoms with Crippen molar-refractivity contribution in [2.45, 2.75) is 57.8 Å². The molecule has 1 heteroatoms. The van der Waals surface area contributed by atoms with E-state index in [9.17, 15) is 0 Å². The highest BCUT2D eigenvalue weighted by Crippen LogP contribution is 2.57. The van der Waals surface area contributed by atoms with E-state index in [-0.39, 0.29) is 0 Å². The van der Waals surface area contributed by atoms with Crippen molar-refractivity contribution < 1.29 is 0 Å². The van der Waals surface area contributed by atoms with Gasteiger partial charge in [0, 0.05) is 12.4 Å². The van der Waals surface area contributed by atoms with Crippen LogP contribution in [0.2, 0.25) is 0 Å². The zero-order valence-electron chi connectivity index (χ0n) is 12.5. The third kappa shape index (κ3) is 2.52. The summed E-state index contributed by atoms with van der Waals surface area (Å²) in [5.41, 5.74) is 1.41. The zero-order valence-corrected chi connectivity index (χ0v) is 12.5. The molecule has 0 aliphatic heterocycles. The molecule has 1 aromatic heterocycles. The Balaban J connectivity index is 1.26. The van der Waals surface area contributed by atoms with Crippen molar-refractivity contribution in [3.8, 4) is 0 Å². The summed E-state index contributed by atoms with van der Waals surface area (Å²) in [6.45, 7) is 0. The van der Waals surface area contributed by atoms with Crippen molar-refractivity contribution in [2.75, 3.05) is 0 Å². The van der Waals surface area contributed by atoms with Gasteiger partial charge in [0.15, 0.2) is 0 Å². The number of unbranched alkanes of at least 4 members (excludes halogenated alkanes) is 1. The molecular formula is C19H27N. The molecule has 108 valence electrons. The van der Waals surface area contributed by atoms with E-state index in [1.807, 2.05) is 12.4 Å². The number of pyridine rings is 1. The molecule has 1 heterocycles. The predicted octanol–water partition coefficient (Wildman–Crippen LogP) is 4.87. The molecule has 4 aliphatic rings. The quantitative estimate of drug-likeness (QED) is 0.695. The Morgan fingerprint density at radius 1 is 0.950 bits per heavy atom. The van der Waals surface area contributed by atoms with Crippen molar-refractivity contribution in [1.29, 1.82) is 0 Å². The molecule has 4 aliphatic carbocycles. The minimum absolute atomic E-state index is 1.09. The van der Waals surface area contributed by atoms with Gasteiger partial charge in [-0.15, -0.1) is 0 Å². The van der Waals surface area contributed by atoms with Crippen LogP contribution in [0, 0.1) is 29.6 Å². The van der Waals surface area contributed by atoms with Gasteiger partial charge < -0.3 is 0 Å². The van der Waals surface area contributed by atoms with Crippen molar-refractivity contribution in [2.24, 2.45) is 29.6 Å². The molecule has 20 heavy (non-hydrogen) atoms. The molecule has 0 amide bonds. The second kappa shape index (κ2) is 5.50. The molecule has 1 aromatic rings. The molecule has 4 bridgehead atoms. The summed E-state index contributed by atoms with van der Waals surface area (Å²) in [7, 11) is 0. The van der Waals surface area contributed by atoms with Crippen LogP contribution in [0.25, 0.3) is 0 Å². The first kappa shape index (κ1) is 12.9. The molecule has 0 radical (unpaired) electrons. The first-order valence-corrected chi connectivity index (χ1v) is 8.77. The second-order valence-electron chi connectivity index (χ2n) is 7.70. The third-order valence-electron chi connectivity index (χ3n) is 6.40. The van der Waals surface area contributed by atoms with Crippen LogP contribution in [-0.4, -0.2) is 4.98 Å². The van der Waals surface area contributed by atoms with Crippen LogP contribution < -0.4 is 0 Å². The van der Waals surface area contributed by atoms with Crippen LogP contribution in [0.3, 0.4) is 0 Å². The normalized spacial score (nSPS) is 38.3. The Hall–Kier alpha value is -0.850. The smallest absolute Gasteiger partial charge is 0.0299 e. The minimum atomic E-state index is 1.09. The van der Waals surface area contributed by atoms with Crippen molar-refractivity contribution in [3.63, 3.8) is 0 Å². The van der Waals surface area contributed by atoms with Gasteiger partial charge in [-0.3, -0.25) is 4.98 Å². The number of nitrogens with zero attached hydrogens (tertiary/aromatic N) is 1. The fourth-order valence-electron chi connectivity index (χ4n) is 5.76. The molecule has 4 fully saturated rings. The summed E-state index contributed by atoms with van der Waals surface area (Å²) in [6, 6.07) is 4.28. The molecule has 4 saturated carbocycles. The van der Waals surface area contributed by atoms with E-state index in [2.05, 4.69) is 17.1 Å². The Morgan fingerprint density at radius 2 is 1.70 bits per heavy atom. The average molecular weight is 269 g/mol. The van der Waals surface area contributed by atoms with Gasteiger partial charge in [-0.05, 0) is 92.6 Å². The highest BCUT2D eigenvalue weighted by molar-refractivity contribution is 5.08. The van der Waals surface area contributed by atoms with Crippen LogP contribution in [0.5, 0.6) is 0 Å². The van der Waals surface area contributed by atoms with E-state index in [1.165, 1.54) is 31.2 Å². The van der Waals surface area contributed by atoms with Crippen LogP contribution in [0.1, 0.15) is 56.9 Å². The number of aromatic nitrogens is 1. The first-order valence-electron chi connectivity index (χ1n) is 8.77. The Bertz CT molecular complexity index is 410. The summed E-state index contributed by atoms with van der Waals surface area (Å²) < 4.78 is 0. The number of hydrogen-bond donors (Lipinski definition) is 0. The molecule has 0 atom stereocenters. The predicted molar refractivity (Wildman–Crippen MR) is 82.3 cm³/mol. The number of rotatable bonds is 5. The summed E-state index contributed by atoms with van der Waals surface area (Å²) >= 11 is 0. The van der Waals surface area contributed by atoms with Crippen LogP contribution in [0.15, 0.2) is 24.5 Å². The highest BCUT2D eigenvalue weighted by Gasteiger charge is 2.47. The fourth-order valence-corrected chi connectivity index (χ4v) is 5.76. The maximum atomic E-state index is 4.21. The van der Waals surface area contributed by atoms with Gasteiger partial charge in [0.1, 0.15) is 0 Å². The third-order valence-corrected chi connectivity index (χ3v) is 6.40. The Kier molecular flexibility index (Phi) is 3.54. The molecule has 0 unspecified atom stereocenters. The lowest BCUT2D eigenvalue weighted by Crippen LogP contribution is -2.44.